The molecule has 94 valence electrons. The predicted molar refractivity (Wildman–Crippen MR) is 69.3 cm³/mol. The molecule has 17 heavy (non-hydrogen) atoms. The van der Waals surface area contributed by atoms with E-state index in [1.54, 1.807) is 0 Å². The van der Waals surface area contributed by atoms with Gasteiger partial charge in [-0.15, -0.1) is 0 Å². The van der Waals surface area contributed by atoms with Crippen LogP contribution >= 0.6 is 11.6 Å². The quantitative estimate of drug-likeness (QED) is 0.854. The molecule has 2 N–H and O–H groups in total. The molecule has 0 spiro atoms. The number of hydrogen-bond acceptors (Lipinski definition) is 3. The van der Waals surface area contributed by atoms with Crippen LogP contribution in [0.3, 0.4) is 0 Å². The van der Waals surface area contributed by atoms with Crippen molar-refractivity contribution in [3.05, 3.63) is 22.2 Å². The van der Waals surface area contributed by atoms with Gasteiger partial charge in [0.1, 0.15) is 0 Å². The van der Waals surface area contributed by atoms with E-state index in [1.165, 1.54) is 7.11 Å². The van der Waals surface area contributed by atoms with Gasteiger partial charge in [0, 0.05) is 5.56 Å². The highest BCUT2D eigenvalue weighted by molar-refractivity contribution is 6.32. The molecule has 1 saturated heterocycles. The van der Waals surface area contributed by atoms with E-state index in [0.717, 1.165) is 37.1 Å². The standard InChI is InChI=1S/C13H18ClNO2/c1-8-7-10(14)13(17-2)12(16)11(8)9-3-5-15-6-4-9/h7,9,15-16H,3-6H2,1-2H3. The number of aromatic hydroxyl groups is 1. The largest absolute Gasteiger partial charge is 0.504 e. The van der Waals surface area contributed by atoms with E-state index in [2.05, 4.69) is 5.32 Å². The van der Waals surface area contributed by atoms with Gasteiger partial charge in [-0.05, 0) is 50.4 Å². The van der Waals surface area contributed by atoms with Crippen molar-refractivity contribution in [1.82, 2.24) is 5.32 Å². The maximum Gasteiger partial charge on any atom is 0.179 e. The highest BCUT2D eigenvalue weighted by Gasteiger charge is 2.24. The summed E-state index contributed by atoms with van der Waals surface area (Å²) < 4.78 is 5.16. The number of rotatable bonds is 2. The fraction of sp³-hybridized carbons (Fsp3) is 0.538. The number of ether oxygens (including phenoxy) is 1. The minimum atomic E-state index is 0.212. The highest BCUT2D eigenvalue weighted by Crippen LogP contribution is 2.44. The summed E-state index contributed by atoms with van der Waals surface area (Å²) in [7, 11) is 1.53. The molecule has 1 fully saturated rings. The van der Waals surface area contributed by atoms with Gasteiger partial charge in [0.15, 0.2) is 11.5 Å². The number of nitrogens with one attached hydrogen (secondary N) is 1. The fourth-order valence-electron chi connectivity index (χ4n) is 2.58. The Hall–Kier alpha value is -0.930. The van der Waals surface area contributed by atoms with E-state index < -0.39 is 0 Å². The average Bonchev–Trinajstić information content (AvgIpc) is 2.30. The molecular formula is C13H18ClNO2. The summed E-state index contributed by atoms with van der Waals surface area (Å²) in [6.45, 7) is 3.98. The second-order valence-corrected chi connectivity index (χ2v) is 4.90. The first-order valence-electron chi connectivity index (χ1n) is 5.91. The zero-order valence-electron chi connectivity index (χ0n) is 10.2. The third-order valence-corrected chi connectivity index (χ3v) is 3.69. The number of piperidine rings is 1. The summed E-state index contributed by atoms with van der Waals surface area (Å²) in [5.74, 6) is 0.998. The zero-order chi connectivity index (χ0) is 12.4. The lowest BCUT2D eigenvalue weighted by molar-refractivity contribution is 0.362. The van der Waals surface area contributed by atoms with Crippen LogP contribution in [-0.4, -0.2) is 25.3 Å². The van der Waals surface area contributed by atoms with Gasteiger partial charge in [-0.25, -0.2) is 0 Å². The number of phenols is 1. The van der Waals surface area contributed by atoms with E-state index in [4.69, 9.17) is 16.3 Å². The van der Waals surface area contributed by atoms with E-state index in [-0.39, 0.29) is 5.75 Å². The number of aryl methyl sites for hydroxylation is 1. The summed E-state index contributed by atoms with van der Waals surface area (Å²) >= 11 is 6.05. The lowest BCUT2D eigenvalue weighted by Crippen LogP contribution is -2.27. The van der Waals surface area contributed by atoms with Crippen LogP contribution in [-0.2, 0) is 0 Å². The normalized spacial score (nSPS) is 17.1. The second kappa shape index (κ2) is 5.15. The predicted octanol–water partition coefficient (Wildman–Crippen LogP) is 2.83. The van der Waals surface area contributed by atoms with Gasteiger partial charge < -0.3 is 15.2 Å². The molecule has 3 nitrogen and oxygen atoms in total. The fourth-order valence-corrected chi connectivity index (χ4v) is 2.91. The molecule has 4 heteroatoms. The minimum Gasteiger partial charge on any atom is -0.504 e. The summed E-state index contributed by atoms with van der Waals surface area (Å²) in [6.07, 6.45) is 2.08. The molecule has 1 heterocycles. The van der Waals surface area contributed by atoms with Crippen molar-refractivity contribution in [2.45, 2.75) is 25.7 Å². The van der Waals surface area contributed by atoms with Crippen LogP contribution in [0.2, 0.25) is 5.02 Å². The smallest absolute Gasteiger partial charge is 0.179 e. The molecule has 1 aliphatic rings. The van der Waals surface area contributed by atoms with Gasteiger partial charge in [-0.2, -0.15) is 0 Å². The van der Waals surface area contributed by atoms with Gasteiger partial charge in [-0.3, -0.25) is 0 Å². The molecule has 0 aliphatic carbocycles. The number of methoxy groups -OCH3 is 1. The zero-order valence-corrected chi connectivity index (χ0v) is 11.0. The lowest BCUT2D eigenvalue weighted by Gasteiger charge is -2.26. The molecule has 2 rings (SSSR count). The number of halogens is 1. The van der Waals surface area contributed by atoms with E-state index in [9.17, 15) is 5.11 Å². The lowest BCUT2D eigenvalue weighted by atomic mass is 9.86. The van der Waals surface area contributed by atoms with Crippen molar-refractivity contribution in [3.8, 4) is 11.5 Å². The molecule has 0 radical (unpaired) electrons. The summed E-state index contributed by atoms with van der Waals surface area (Å²) in [4.78, 5) is 0. The van der Waals surface area contributed by atoms with Gasteiger partial charge in [0.25, 0.3) is 0 Å². The Bertz CT molecular complexity index is 414. The van der Waals surface area contributed by atoms with Crippen molar-refractivity contribution >= 4 is 11.6 Å². The van der Waals surface area contributed by atoms with Crippen LogP contribution in [0.1, 0.15) is 29.9 Å². The second-order valence-electron chi connectivity index (χ2n) is 4.50. The van der Waals surface area contributed by atoms with Gasteiger partial charge in [-0.1, -0.05) is 11.6 Å². The molecule has 1 aromatic carbocycles. The van der Waals surface area contributed by atoms with Gasteiger partial charge >= 0.3 is 0 Å². The Kier molecular flexibility index (Phi) is 3.79. The van der Waals surface area contributed by atoms with Crippen LogP contribution in [0.25, 0.3) is 0 Å². The maximum absolute atomic E-state index is 10.3. The molecule has 1 aromatic rings. The SMILES string of the molecule is COc1c(Cl)cc(C)c(C2CCNCC2)c1O. The van der Waals surface area contributed by atoms with Crippen molar-refractivity contribution in [2.75, 3.05) is 20.2 Å². The van der Waals surface area contributed by atoms with Crippen molar-refractivity contribution in [1.29, 1.82) is 0 Å². The van der Waals surface area contributed by atoms with Crippen LogP contribution in [0.15, 0.2) is 6.07 Å². The Labute approximate surface area is 107 Å². The highest BCUT2D eigenvalue weighted by atomic mass is 35.5. The van der Waals surface area contributed by atoms with Crippen LogP contribution in [0.5, 0.6) is 11.5 Å². The van der Waals surface area contributed by atoms with Crippen molar-refractivity contribution < 1.29 is 9.84 Å². The molecule has 0 unspecified atom stereocenters. The Morgan fingerprint density at radius 2 is 2.06 bits per heavy atom. The summed E-state index contributed by atoms with van der Waals surface area (Å²) in [6, 6.07) is 1.87. The van der Waals surface area contributed by atoms with Crippen LogP contribution in [0.4, 0.5) is 0 Å². The monoisotopic (exact) mass is 255 g/mol. The third-order valence-electron chi connectivity index (χ3n) is 3.41. The molecule has 0 bridgehead atoms. The maximum atomic E-state index is 10.3. The van der Waals surface area contributed by atoms with Crippen molar-refractivity contribution in [2.24, 2.45) is 0 Å². The van der Waals surface area contributed by atoms with Crippen LogP contribution < -0.4 is 10.1 Å². The third kappa shape index (κ3) is 2.35. The number of benzene rings is 1. The first kappa shape index (κ1) is 12.5. The van der Waals surface area contributed by atoms with E-state index in [0.29, 0.717) is 16.7 Å². The minimum absolute atomic E-state index is 0.212. The number of hydrogen-bond donors (Lipinski definition) is 2. The number of phenolic OH excluding ortho intramolecular Hbond substituents is 1. The first-order chi connectivity index (χ1) is 8.15. The Balaban J connectivity index is 2.44. The van der Waals surface area contributed by atoms with E-state index in [1.807, 2.05) is 13.0 Å². The average molecular weight is 256 g/mol. The Morgan fingerprint density at radius 1 is 1.41 bits per heavy atom. The topological polar surface area (TPSA) is 41.5 Å². The van der Waals surface area contributed by atoms with E-state index >= 15 is 0 Å². The van der Waals surface area contributed by atoms with Crippen molar-refractivity contribution in [3.63, 3.8) is 0 Å². The molecule has 0 amide bonds. The first-order valence-corrected chi connectivity index (χ1v) is 6.29. The Morgan fingerprint density at radius 3 is 2.65 bits per heavy atom. The molecule has 1 aliphatic heterocycles. The molecular weight excluding hydrogens is 238 g/mol. The van der Waals surface area contributed by atoms with Gasteiger partial charge in [0.2, 0.25) is 0 Å². The molecule has 0 saturated carbocycles. The summed E-state index contributed by atoms with van der Waals surface area (Å²) in [5, 5.41) is 14.1. The molecule has 0 atom stereocenters. The molecule has 0 aromatic heterocycles. The van der Waals surface area contributed by atoms with Gasteiger partial charge in [0.05, 0.1) is 12.1 Å². The summed E-state index contributed by atoms with van der Waals surface area (Å²) in [5.41, 5.74) is 2.04. The van der Waals surface area contributed by atoms with Crippen LogP contribution in [0, 0.1) is 6.92 Å².